The van der Waals surface area contributed by atoms with Crippen molar-refractivity contribution in [3.63, 3.8) is 0 Å². The minimum absolute atomic E-state index is 0.0902. The second kappa shape index (κ2) is 10.0. The molecule has 3 heterocycles. The number of imidazole rings is 1. The predicted molar refractivity (Wildman–Crippen MR) is 143 cm³/mol. The summed E-state index contributed by atoms with van der Waals surface area (Å²) in [6.45, 7) is 14.9. The number of piperazine rings is 1. The van der Waals surface area contributed by atoms with Gasteiger partial charge in [-0.05, 0) is 70.3 Å². The fourth-order valence-electron chi connectivity index (χ4n) is 6.10. The molecule has 3 aromatic rings. The predicted octanol–water partition coefficient (Wildman–Crippen LogP) is 4.79. The lowest BCUT2D eigenvalue weighted by molar-refractivity contribution is -0.137. The number of carbonyl (C=O) groups excluding carboxylic acids is 1. The van der Waals surface area contributed by atoms with Gasteiger partial charge in [0, 0.05) is 44.5 Å². The molecule has 0 radical (unpaired) electrons. The van der Waals surface area contributed by atoms with Gasteiger partial charge in [-0.3, -0.25) is 9.69 Å². The van der Waals surface area contributed by atoms with Crippen LogP contribution in [0, 0.1) is 19.8 Å². The number of aryl methyl sites for hydroxylation is 2. The van der Waals surface area contributed by atoms with Gasteiger partial charge >= 0.3 is 0 Å². The van der Waals surface area contributed by atoms with Crippen LogP contribution in [0.15, 0.2) is 42.5 Å². The fraction of sp³-hybridized carbons (Fsp3) is 0.517. The molecule has 1 amide bonds. The SMILES string of the molecule is Cc1cccc(C)c1N1CCN(C(=O)[C@@H]2CCCN(Cc3nc4ccccc4n3C(C)C)C2)CC1. The summed E-state index contributed by atoms with van der Waals surface area (Å²) in [5.41, 5.74) is 6.24. The summed E-state index contributed by atoms with van der Waals surface area (Å²) >= 11 is 0. The second-order valence-electron chi connectivity index (χ2n) is 10.6. The van der Waals surface area contributed by atoms with Crippen molar-refractivity contribution in [1.82, 2.24) is 19.4 Å². The van der Waals surface area contributed by atoms with Crippen LogP contribution in [0.3, 0.4) is 0 Å². The number of fused-ring (bicyclic) bond motifs is 1. The molecule has 1 atom stereocenters. The van der Waals surface area contributed by atoms with Crippen LogP contribution >= 0.6 is 0 Å². The number of hydrogen-bond acceptors (Lipinski definition) is 4. The van der Waals surface area contributed by atoms with Crippen molar-refractivity contribution in [1.29, 1.82) is 0 Å². The molecule has 2 aromatic carbocycles. The minimum atomic E-state index is 0.0902. The van der Waals surface area contributed by atoms with Crippen molar-refractivity contribution in [2.24, 2.45) is 5.92 Å². The smallest absolute Gasteiger partial charge is 0.227 e. The molecule has 5 rings (SSSR count). The van der Waals surface area contributed by atoms with Crippen LogP contribution < -0.4 is 4.90 Å². The summed E-state index contributed by atoms with van der Waals surface area (Å²) < 4.78 is 2.35. The highest BCUT2D eigenvalue weighted by Gasteiger charge is 2.32. The first-order valence-corrected chi connectivity index (χ1v) is 13.2. The Morgan fingerprint density at radius 1 is 0.971 bits per heavy atom. The monoisotopic (exact) mass is 473 g/mol. The summed E-state index contributed by atoms with van der Waals surface area (Å²) in [6.07, 6.45) is 2.06. The highest BCUT2D eigenvalue weighted by molar-refractivity contribution is 5.79. The Morgan fingerprint density at radius 2 is 1.69 bits per heavy atom. The first-order valence-electron chi connectivity index (χ1n) is 13.2. The van der Waals surface area contributed by atoms with Crippen LogP contribution in [0.5, 0.6) is 0 Å². The van der Waals surface area contributed by atoms with E-state index in [0.29, 0.717) is 11.9 Å². The summed E-state index contributed by atoms with van der Waals surface area (Å²) in [5, 5.41) is 0. The molecular formula is C29H39N5O. The third kappa shape index (κ3) is 4.81. The molecule has 2 aliphatic heterocycles. The van der Waals surface area contributed by atoms with E-state index in [0.717, 1.165) is 70.0 Å². The standard InChI is InChI=1S/C29H39N5O/c1-21(2)34-26-13-6-5-12-25(26)30-27(34)20-31-14-8-11-24(19-31)29(35)33-17-15-32(16-18-33)28-22(3)9-7-10-23(28)4/h5-7,9-10,12-13,21,24H,8,11,14-20H2,1-4H3/t24-/m1/s1. The number of likely N-dealkylation sites (tertiary alicyclic amines) is 1. The second-order valence-corrected chi connectivity index (χ2v) is 10.6. The van der Waals surface area contributed by atoms with E-state index in [-0.39, 0.29) is 5.92 Å². The number of anilines is 1. The van der Waals surface area contributed by atoms with Crippen molar-refractivity contribution in [2.45, 2.75) is 53.1 Å². The molecular weight excluding hydrogens is 434 g/mol. The number of hydrogen-bond donors (Lipinski definition) is 0. The number of piperidine rings is 1. The zero-order valence-corrected chi connectivity index (χ0v) is 21.7. The molecule has 1 aromatic heterocycles. The Bertz CT molecular complexity index is 1170. The molecule has 0 aliphatic carbocycles. The summed E-state index contributed by atoms with van der Waals surface area (Å²) in [7, 11) is 0. The maximum atomic E-state index is 13.5. The largest absolute Gasteiger partial charge is 0.368 e. The van der Waals surface area contributed by atoms with E-state index in [4.69, 9.17) is 4.98 Å². The zero-order chi connectivity index (χ0) is 24.5. The molecule has 0 spiro atoms. The van der Waals surface area contributed by atoms with Crippen molar-refractivity contribution in [3.05, 3.63) is 59.4 Å². The fourth-order valence-corrected chi connectivity index (χ4v) is 6.10. The molecule has 0 N–H and O–H groups in total. The Balaban J connectivity index is 1.23. The van der Waals surface area contributed by atoms with Crippen molar-refractivity contribution >= 4 is 22.6 Å². The molecule has 0 saturated carbocycles. The van der Waals surface area contributed by atoms with Crippen LogP contribution in [-0.4, -0.2) is 64.5 Å². The van der Waals surface area contributed by atoms with Gasteiger partial charge in [0.2, 0.25) is 5.91 Å². The maximum Gasteiger partial charge on any atom is 0.227 e. The Hall–Kier alpha value is -2.86. The summed E-state index contributed by atoms with van der Waals surface area (Å²) in [6, 6.07) is 15.2. The Kier molecular flexibility index (Phi) is 6.83. The van der Waals surface area contributed by atoms with Gasteiger partial charge in [0.25, 0.3) is 0 Å². The first-order chi connectivity index (χ1) is 16.9. The van der Waals surface area contributed by atoms with Crippen LogP contribution in [0.25, 0.3) is 11.0 Å². The molecule has 6 heteroatoms. The van der Waals surface area contributed by atoms with Crippen LogP contribution in [0.2, 0.25) is 0 Å². The topological polar surface area (TPSA) is 44.6 Å². The average Bonchev–Trinajstić information content (AvgIpc) is 3.22. The van der Waals surface area contributed by atoms with E-state index in [1.54, 1.807) is 0 Å². The van der Waals surface area contributed by atoms with Gasteiger partial charge in [0.1, 0.15) is 5.82 Å². The maximum absolute atomic E-state index is 13.5. The number of rotatable bonds is 5. The van der Waals surface area contributed by atoms with E-state index < -0.39 is 0 Å². The van der Waals surface area contributed by atoms with E-state index in [1.165, 1.54) is 22.3 Å². The third-order valence-corrected chi connectivity index (χ3v) is 7.75. The Labute approximate surface area is 209 Å². The number of carbonyl (C=O) groups is 1. The minimum Gasteiger partial charge on any atom is -0.368 e. The van der Waals surface area contributed by atoms with Gasteiger partial charge in [-0.25, -0.2) is 4.98 Å². The summed E-state index contributed by atoms with van der Waals surface area (Å²) in [5.74, 6) is 1.54. The molecule has 2 aliphatic rings. The molecule has 186 valence electrons. The first kappa shape index (κ1) is 23.9. The average molecular weight is 474 g/mol. The van der Waals surface area contributed by atoms with Crippen molar-refractivity contribution in [3.8, 4) is 0 Å². The number of aromatic nitrogens is 2. The quantitative estimate of drug-likeness (QED) is 0.534. The molecule has 2 saturated heterocycles. The van der Waals surface area contributed by atoms with Gasteiger partial charge in [-0.2, -0.15) is 0 Å². The molecule has 6 nitrogen and oxygen atoms in total. The number of para-hydroxylation sites is 3. The third-order valence-electron chi connectivity index (χ3n) is 7.75. The Morgan fingerprint density at radius 3 is 2.40 bits per heavy atom. The van der Waals surface area contributed by atoms with E-state index in [2.05, 4.69) is 89.4 Å². The van der Waals surface area contributed by atoms with Gasteiger partial charge < -0.3 is 14.4 Å². The lowest BCUT2D eigenvalue weighted by atomic mass is 9.96. The van der Waals surface area contributed by atoms with Gasteiger partial charge in [0.15, 0.2) is 0 Å². The van der Waals surface area contributed by atoms with Crippen LogP contribution in [-0.2, 0) is 11.3 Å². The van der Waals surface area contributed by atoms with Gasteiger partial charge in [-0.15, -0.1) is 0 Å². The molecule has 0 unspecified atom stereocenters. The van der Waals surface area contributed by atoms with E-state index >= 15 is 0 Å². The summed E-state index contributed by atoms with van der Waals surface area (Å²) in [4.78, 5) is 25.5. The highest BCUT2D eigenvalue weighted by atomic mass is 16.2. The highest BCUT2D eigenvalue weighted by Crippen LogP contribution is 2.28. The molecule has 35 heavy (non-hydrogen) atoms. The zero-order valence-electron chi connectivity index (χ0n) is 21.7. The van der Waals surface area contributed by atoms with Gasteiger partial charge in [-0.1, -0.05) is 30.3 Å². The van der Waals surface area contributed by atoms with Gasteiger partial charge in [0.05, 0.1) is 23.5 Å². The van der Waals surface area contributed by atoms with E-state index in [9.17, 15) is 4.79 Å². The van der Waals surface area contributed by atoms with Crippen molar-refractivity contribution < 1.29 is 4.79 Å². The molecule has 2 fully saturated rings. The number of benzene rings is 2. The molecule has 0 bridgehead atoms. The number of nitrogens with zero attached hydrogens (tertiary/aromatic N) is 5. The van der Waals surface area contributed by atoms with Crippen LogP contribution in [0.4, 0.5) is 5.69 Å². The normalized spacial score (nSPS) is 19.6. The number of amides is 1. The van der Waals surface area contributed by atoms with Crippen molar-refractivity contribution in [2.75, 3.05) is 44.2 Å². The van der Waals surface area contributed by atoms with Crippen LogP contribution in [0.1, 0.15) is 49.7 Å². The lowest BCUT2D eigenvalue weighted by Gasteiger charge is -2.40. The van der Waals surface area contributed by atoms with E-state index in [1.807, 2.05) is 0 Å². The lowest BCUT2D eigenvalue weighted by Crippen LogP contribution is -2.52.